The number of Topliss-reactive ketones (excluding diaryl/α,β-unsaturated/α-hetero) is 1. The van der Waals surface area contributed by atoms with E-state index in [1.807, 2.05) is 0 Å². The lowest BCUT2D eigenvalue weighted by molar-refractivity contribution is -0.0588. The van der Waals surface area contributed by atoms with Crippen molar-refractivity contribution in [3.05, 3.63) is 29.8 Å². The monoisotopic (exact) mass is 252 g/mol. The molecule has 0 aliphatic heterocycles. The third kappa shape index (κ3) is 2.71. The summed E-state index contributed by atoms with van der Waals surface area (Å²) in [6.07, 6.45) is -1.13. The summed E-state index contributed by atoms with van der Waals surface area (Å²) in [4.78, 5) is 12.3. The van der Waals surface area contributed by atoms with Gasteiger partial charge in [0, 0.05) is 0 Å². The number of hydrogen-bond donors (Lipinski definition) is 2. The number of aliphatic hydroxyl groups excluding tert-OH is 1. The molecule has 0 aromatic heterocycles. The molecular formula is C14H20O4. The molecule has 0 heterocycles. The van der Waals surface area contributed by atoms with E-state index in [0.29, 0.717) is 5.75 Å². The highest BCUT2D eigenvalue weighted by atomic mass is 16.5. The van der Waals surface area contributed by atoms with Crippen molar-refractivity contribution in [1.82, 2.24) is 0 Å². The molecule has 4 nitrogen and oxygen atoms in total. The zero-order valence-corrected chi connectivity index (χ0v) is 11.2. The summed E-state index contributed by atoms with van der Waals surface area (Å²) < 4.78 is 5.09. The molecule has 1 aromatic rings. The van der Waals surface area contributed by atoms with Gasteiger partial charge in [0.15, 0.2) is 11.4 Å². The molecule has 0 fully saturated rings. The zero-order valence-electron chi connectivity index (χ0n) is 11.2. The van der Waals surface area contributed by atoms with Gasteiger partial charge in [-0.25, -0.2) is 0 Å². The van der Waals surface area contributed by atoms with E-state index in [-0.39, 0.29) is 11.5 Å². The number of rotatable bonds is 5. The van der Waals surface area contributed by atoms with Gasteiger partial charge in [-0.05, 0) is 25.0 Å². The maximum atomic E-state index is 12.3. The minimum atomic E-state index is -1.83. The van der Waals surface area contributed by atoms with E-state index in [1.54, 1.807) is 38.1 Å². The van der Waals surface area contributed by atoms with E-state index < -0.39 is 17.5 Å². The number of methoxy groups -OCH3 is 1. The minimum Gasteiger partial charge on any atom is -0.496 e. The zero-order chi connectivity index (χ0) is 13.9. The van der Waals surface area contributed by atoms with Crippen LogP contribution < -0.4 is 4.74 Å². The molecule has 4 heteroatoms. The van der Waals surface area contributed by atoms with Crippen molar-refractivity contribution in [3.63, 3.8) is 0 Å². The summed E-state index contributed by atoms with van der Waals surface area (Å²) >= 11 is 0. The Balaban J connectivity index is 3.13. The smallest absolute Gasteiger partial charge is 0.200 e. The second kappa shape index (κ2) is 5.50. The normalized spacial score (nSPS) is 16.2. The fraction of sp³-hybridized carbons (Fsp3) is 0.500. The molecule has 0 saturated heterocycles. The first-order valence-electron chi connectivity index (χ1n) is 5.90. The molecule has 0 aliphatic rings. The van der Waals surface area contributed by atoms with E-state index in [9.17, 15) is 15.0 Å². The predicted octanol–water partition coefficient (Wildman–Crippen LogP) is 1.65. The Morgan fingerprint density at radius 1 is 1.33 bits per heavy atom. The van der Waals surface area contributed by atoms with E-state index in [1.165, 1.54) is 14.0 Å². The molecule has 2 N–H and O–H groups in total. The quantitative estimate of drug-likeness (QED) is 0.782. The first kappa shape index (κ1) is 14.7. The van der Waals surface area contributed by atoms with Crippen LogP contribution in [0.25, 0.3) is 0 Å². The fourth-order valence-electron chi connectivity index (χ4n) is 1.89. The van der Waals surface area contributed by atoms with Crippen molar-refractivity contribution in [2.45, 2.75) is 32.5 Å². The van der Waals surface area contributed by atoms with E-state index in [2.05, 4.69) is 0 Å². The summed E-state index contributed by atoms with van der Waals surface area (Å²) in [7, 11) is 1.46. The van der Waals surface area contributed by atoms with Gasteiger partial charge in [-0.3, -0.25) is 4.79 Å². The lowest BCUT2D eigenvalue weighted by atomic mass is 9.84. The van der Waals surface area contributed by atoms with Gasteiger partial charge in [0.05, 0.1) is 18.8 Å². The third-order valence-electron chi connectivity index (χ3n) is 3.02. The first-order chi connectivity index (χ1) is 8.32. The van der Waals surface area contributed by atoms with Crippen LogP contribution in [0.2, 0.25) is 0 Å². The van der Waals surface area contributed by atoms with Crippen molar-refractivity contribution >= 4 is 5.78 Å². The molecule has 18 heavy (non-hydrogen) atoms. The van der Waals surface area contributed by atoms with Gasteiger partial charge in [-0.15, -0.1) is 0 Å². The van der Waals surface area contributed by atoms with Gasteiger partial charge in [0.2, 0.25) is 0 Å². The molecule has 0 bridgehead atoms. The molecule has 0 unspecified atom stereocenters. The maximum absolute atomic E-state index is 12.3. The van der Waals surface area contributed by atoms with Crippen LogP contribution in [0.5, 0.6) is 5.75 Å². The SMILES string of the molecule is COc1ccccc1C(=O)[C@](C)(O)[C@@H](O)C(C)C. The number of carbonyl (C=O) groups excluding carboxylic acids is 1. The first-order valence-corrected chi connectivity index (χ1v) is 5.90. The number of hydrogen-bond acceptors (Lipinski definition) is 4. The Morgan fingerprint density at radius 3 is 2.39 bits per heavy atom. The minimum absolute atomic E-state index is 0.223. The molecular weight excluding hydrogens is 232 g/mol. The number of ether oxygens (including phenoxy) is 1. The molecule has 0 radical (unpaired) electrons. The highest BCUT2D eigenvalue weighted by molar-refractivity contribution is 6.04. The second-order valence-electron chi connectivity index (χ2n) is 4.87. The van der Waals surface area contributed by atoms with Crippen LogP contribution >= 0.6 is 0 Å². The van der Waals surface area contributed by atoms with Gasteiger partial charge in [-0.2, -0.15) is 0 Å². The molecule has 1 rings (SSSR count). The Labute approximate surface area is 107 Å². The second-order valence-corrected chi connectivity index (χ2v) is 4.87. The van der Waals surface area contributed by atoms with Crippen LogP contribution in [0, 0.1) is 5.92 Å². The summed E-state index contributed by atoms with van der Waals surface area (Å²) in [6, 6.07) is 6.64. The summed E-state index contributed by atoms with van der Waals surface area (Å²) in [5.41, 5.74) is -1.56. The van der Waals surface area contributed by atoms with Gasteiger partial charge in [0.1, 0.15) is 5.75 Å². The number of para-hydroxylation sites is 1. The molecule has 1 aromatic carbocycles. The molecule has 100 valence electrons. The van der Waals surface area contributed by atoms with Crippen LogP contribution in [-0.2, 0) is 0 Å². The van der Waals surface area contributed by atoms with Gasteiger partial charge >= 0.3 is 0 Å². The summed E-state index contributed by atoms with van der Waals surface area (Å²) in [5, 5.41) is 20.2. The topological polar surface area (TPSA) is 66.8 Å². The molecule has 0 aliphatic carbocycles. The third-order valence-corrected chi connectivity index (χ3v) is 3.02. The van der Waals surface area contributed by atoms with Crippen LogP contribution in [0.4, 0.5) is 0 Å². The van der Waals surface area contributed by atoms with Gasteiger partial charge in [0.25, 0.3) is 0 Å². The Bertz CT molecular complexity index is 424. The van der Waals surface area contributed by atoms with Crippen molar-refractivity contribution in [3.8, 4) is 5.75 Å². The molecule has 0 saturated carbocycles. The fourth-order valence-corrected chi connectivity index (χ4v) is 1.89. The average molecular weight is 252 g/mol. The average Bonchev–Trinajstić information content (AvgIpc) is 2.36. The summed E-state index contributed by atoms with van der Waals surface area (Å²) in [6.45, 7) is 4.82. The highest BCUT2D eigenvalue weighted by Crippen LogP contribution is 2.27. The largest absolute Gasteiger partial charge is 0.496 e. The van der Waals surface area contributed by atoms with Crippen molar-refractivity contribution in [2.24, 2.45) is 5.92 Å². The van der Waals surface area contributed by atoms with Crippen molar-refractivity contribution < 1.29 is 19.7 Å². The Morgan fingerprint density at radius 2 is 1.89 bits per heavy atom. The van der Waals surface area contributed by atoms with E-state index in [4.69, 9.17) is 4.74 Å². The maximum Gasteiger partial charge on any atom is 0.200 e. The number of carbonyl (C=O) groups is 1. The predicted molar refractivity (Wildman–Crippen MR) is 68.8 cm³/mol. The van der Waals surface area contributed by atoms with Gasteiger partial charge < -0.3 is 14.9 Å². The van der Waals surface area contributed by atoms with E-state index in [0.717, 1.165) is 0 Å². The van der Waals surface area contributed by atoms with Crippen molar-refractivity contribution in [1.29, 1.82) is 0 Å². The van der Waals surface area contributed by atoms with E-state index >= 15 is 0 Å². The standard InChI is InChI=1S/C14H20O4/c1-9(2)12(15)14(3,17)13(16)10-7-5-6-8-11(10)18-4/h5-9,12,15,17H,1-4H3/t12-,14+/m0/s1. The number of benzene rings is 1. The molecule has 0 spiro atoms. The van der Waals surface area contributed by atoms with Crippen LogP contribution in [0.1, 0.15) is 31.1 Å². The van der Waals surface area contributed by atoms with Gasteiger partial charge in [-0.1, -0.05) is 26.0 Å². The number of ketones is 1. The lowest BCUT2D eigenvalue weighted by Gasteiger charge is -2.30. The Hall–Kier alpha value is -1.39. The van der Waals surface area contributed by atoms with Crippen LogP contribution in [0.3, 0.4) is 0 Å². The summed E-state index contributed by atoms with van der Waals surface area (Å²) in [5.74, 6) is -0.376. The number of aliphatic hydroxyl groups is 2. The lowest BCUT2D eigenvalue weighted by Crippen LogP contribution is -2.49. The Kier molecular flexibility index (Phi) is 4.48. The molecule has 2 atom stereocenters. The molecule has 0 amide bonds. The van der Waals surface area contributed by atoms with Crippen molar-refractivity contribution in [2.75, 3.05) is 7.11 Å². The van der Waals surface area contributed by atoms with Crippen LogP contribution in [0.15, 0.2) is 24.3 Å². The highest BCUT2D eigenvalue weighted by Gasteiger charge is 2.41. The van der Waals surface area contributed by atoms with Crippen LogP contribution in [-0.4, -0.2) is 34.8 Å².